The summed E-state index contributed by atoms with van der Waals surface area (Å²) in [6.07, 6.45) is 3.56. The first-order valence-electron chi connectivity index (χ1n) is 6.10. The molecule has 1 heterocycles. The van der Waals surface area contributed by atoms with Gasteiger partial charge in [0.2, 0.25) is 0 Å². The molecular weight excluding hydrogens is 190 g/mol. The van der Waals surface area contributed by atoms with E-state index in [1.54, 1.807) is 7.11 Å². The van der Waals surface area contributed by atoms with Gasteiger partial charge in [-0.1, -0.05) is 20.3 Å². The predicted octanol–water partition coefficient (Wildman–Crippen LogP) is 1.50. The molecule has 0 radical (unpaired) electrons. The Kier molecular flexibility index (Phi) is 5.58. The quantitative estimate of drug-likeness (QED) is 0.754. The highest BCUT2D eigenvalue weighted by molar-refractivity contribution is 4.76. The minimum absolute atomic E-state index is 0.189. The summed E-state index contributed by atoms with van der Waals surface area (Å²) in [4.78, 5) is 2.33. The molecule has 15 heavy (non-hydrogen) atoms. The van der Waals surface area contributed by atoms with E-state index in [-0.39, 0.29) is 6.10 Å². The lowest BCUT2D eigenvalue weighted by molar-refractivity contribution is 0.00256. The second kappa shape index (κ2) is 6.46. The number of ether oxygens (including phenoxy) is 1. The lowest BCUT2D eigenvalue weighted by atomic mass is 10.00. The fourth-order valence-corrected chi connectivity index (χ4v) is 2.09. The zero-order chi connectivity index (χ0) is 11.3. The van der Waals surface area contributed by atoms with Gasteiger partial charge in [-0.05, 0) is 25.3 Å². The summed E-state index contributed by atoms with van der Waals surface area (Å²) in [6, 6.07) is 0. The summed E-state index contributed by atoms with van der Waals surface area (Å²) < 4.78 is 5.37. The summed E-state index contributed by atoms with van der Waals surface area (Å²) in [5.74, 6) is 0.396. The van der Waals surface area contributed by atoms with Gasteiger partial charge in [-0.3, -0.25) is 4.90 Å². The van der Waals surface area contributed by atoms with Gasteiger partial charge in [-0.2, -0.15) is 0 Å². The number of likely N-dealkylation sites (tertiary alicyclic amines) is 1. The molecule has 1 fully saturated rings. The first-order valence-corrected chi connectivity index (χ1v) is 6.10. The number of hydrogen-bond acceptors (Lipinski definition) is 3. The van der Waals surface area contributed by atoms with E-state index in [0.29, 0.717) is 12.0 Å². The average Bonchev–Trinajstić information content (AvgIpc) is 2.28. The van der Waals surface area contributed by atoms with Crippen molar-refractivity contribution in [2.24, 2.45) is 5.92 Å². The molecule has 3 nitrogen and oxygen atoms in total. The molecule has 0 aromatic carbocycles. The maximum Gasteiger partial charge on any atom is 0.0698 e. The third-order valence-electron chi connectivity index (χ3n) is 3.54. The van der Waals surface area contributed by atoms with Gasteiger partial charge in [0, 0.05) is 20.2 Å². The Labute approximate surface area is 93.4 Å². The van der Waals surface area contributed by atoms with Gasteiger partial charge in [0.15, 0.2) is 0 Å². The second-order valence-corrected chi connectivity index (χ2v) is 4.71. The second-order valence-electron chi connectivity index (χ2n) is 4.71. The van der Waals surface area contributed by atoms with Crippen LogP contribution in [0, 0.1) is 5.92 Å². The van der Waals surface area contributed by atoms with Crippen molar-refractivity contribution in [2.45, 2.75) is 45.3 Å². The third-order valence-corrected chi connectivity index (χ3v) is 3.54. The van der Waals surface area contributed by atoms with E-state index >= 15 is 0 Å². The molecule has 0 bridgehead atoms. The van der Waals surface area contributed by atoms with Crippen LogP contribution in [0.2, 0.25) is 0 Å². The Balaban J connectivity index is 2.31. The van der Waals surface area contributed by atoms with Gasteiger partial charge in [0.1, 0.15) is 0 Å². The van der Waals surface area contributed by atoms with E-state index in [1.807, 2.05) is 0 Å². The number of hydrogen-bond donors (Lipinski definition) is 1. The molecule has 1 N–H and O–H groups in total. The van der Waals surface area contributed by atoms with Gasteiger partial charge in [0.25, 0.3) is 0 Å². The summed E-state index contributed by atoms with van der Waals surface area (Å²) in [5, 5.41) is 9.95. The highest BCUT2D eigenvalue weighted by atomic mass is 16.5. The van der Waals surface area contributed by atoms with Crippen LogP contribution in [0.4, 0.5) is 0 Å². The van der Waals surface area contributed by atoms with Crippen LogP contribution in [-0.4, -0.2) is 49.0 Å². The summed E-state index contributed by atoms with van der Waals surface area (Å²) >= 11 is 0. The van der Waals surface area contributed by atoms with Gasteiger partial charge >= 0.3 is 0 Å². The van der Waals surface area contributed by atoms with Crippen LogP contribution in [0.3, 0.4) is 0 Å². The van der Waals surface area contributed by atoms with E-state index in [2.05, 4.69) is 18.7 Å². The van der Waals surface area contributed by atoms with E-state index < -0.39 is 0 Å². The molecular formula is C12H25NO2. The number of methoxy groups -OCH3 is 1. The number of rotatable bonds is 5. The molecule has 0 amide bonds. The van der Waals surface area contributed by atoms with E-state index in [1.165, 1.54) is 6.42 Å². The smallest absolute Gasteiger partial charge is 0.0698 e. The molecule has 0 aromatic heterocycles. The van der Waals surface area contributed by atoms with Crippen molar-refractivity contribution in [2.75, 3.05) is 26.7 Å². The first-order chi connectivity index (χ1) is 7.17. The summed E-state index contributed by atoms with van der Waals surface area (Å²) in [5.41, 5.74) is 0. The standard InChI is InChI=1S/C12H25NO2/c1-4-10(2)12(14)9-13-7-5-6-11(8-13)15-3/h10-12,14H,4-9H2,1-3H3. The highest BCUT2D eigenvalue weighted by Gasteiger charge is 2.22. The molecule has 0 aromatic rings. The van der Waals surface area contributed by atoms with Crippen LogP contribution < -0.4 is 0 Å². The minimum atomic E-state index is -0.189. The Morgan fingerprint density at radius 2 is 2.27 bits per heavy atom. The molecule has 0 aliphatic carbocycles. The molecule has 3 unspecified atom stereocenters. The van der Waals surface area contributed by atoms with E-state index in [0.717, 1.165) is 32.5 Å². The van der Waals surface area contributed by atoms with Gasteiger partial charge in [-0.25, -0.2) is 0 Å². The molecule has 0 spiro atoms. The Morgan fingerprint density at radius 1 is 1.53 bits per heavy atom. The van der Waals surface area contributed by atoms with Crippen molar-refractivity contribution in [3.63, 3.8) is 0 Å². The molecule has 1 aliphatic rings. The number of aliphatic hydroxyl groups excluding tert-OH is 1. The molecule has 0 saturated carbocycles. The van der Waals surface area contributed by atoms with Crippen LogP contribution in [-0.2, 0) is 4.74 Å². The van der Waals surface area contributed by atoms with E-state index in [4.69, 9.17) is 4.74 Å². The maximum atomic E-state index is 9.95. The first kappa shape index (κ1) is 12.9. The van der Waals surface area contributed by atoms with Crippen molar-refractivity contribution in [1.82, 2.24) is 4.90 Å². The van der Waals surface area contributed by atoms with Crippen molar-refractivity contribution >= 4 is 0 Å². The van der Waals surface area contributed by atoms with Crippen molar-refractivity contribution in [1.29, 1.82) is 0 Å². The lowest BCUT2D eigenvalue weighted by Gasteiger charge is -2.34. The van der Waals surface area contributed by atoms with E-state index in [9.17, 15) is 5.11 Å². The number of nitrogens with zero attached hydrogens (tertiary/aromatic N) is 1. The van der Waals surface area contributed by atoms with Crippen LogP contribution in [0.15, 0.2) is 0 Å². The maximum absolute atomic E-state index is 9.95. The van der Waals surface area contributed by atoms with Crippen molar-refractivity contribution < 1.29 is 9.84 Å². The number of β-amino-alcohol motifs (C(OH)–C–C–N with tert-alkyl or cyclic N) is 1. The Bertz CT molecular complexity index is 175. The fraction of sp³-hybridized carbons (Fsp3) is 1.00. The molecule has 1 rings (SSSR count). The monoisotopic (exact) mass is 215 g/mol. The lowest BCUT2D eigenvalue weighted by Crippen LogP contribution is -2.44. The SMILES string of the molecule is CCC(C)C(O)CN1CCCC(OC)C1. The minimum Gasteiger partial charge on any atom is -0.392 e. The zero-order valence-electron chi connectivity index (χ0n) is 10.3. The van der Waals surface area contributed by atoms with Crippen LogP contribution in [0.1, 0.15) is 33.1 Å². The molecule has 3 atom stereocenters. The van der Waals surface area contributed by atoms with Crippen molar-refractivity contribution in [3.05, 3.63) is 0 Å². The predicted molar refractivity (Wildman–Crippen MR) is 61.9 cm³/mol. The topological polar surface area (TPSA) is 32.7 Å². The molecule has 3 heteroatoms. The Hall–Kier alpha value is -0.120. The molecule has 90 valence electrons. The zero-order valence-corrected chi connectivity index (χ0v) is 10.3. The normalized spacial score (nSPS) is 27.6. The molecule has 1 aliphatic heterocycles. The number of aliphatic hydroxyl groups is 1. The summed E-state index contributed by atoms with van der Waals surface area (Å²) in [6.45, 7) is 7.12. The largest absolute Gasteiger partial charge is 0.392 e. The van der Waals surface area contributed by atoms with Crippen LogP contribution >= 0.6 is 0 Å². The van der Waals surface area contributed by atoms with Gasteiger partial charge in [0.05, 0.1) is 12.2 Å². The fourth-order valence-electron chi connectivity index (χ4n) is 2.09. The highest BCUT2D eigenvalue weighted by Crippen LogP contribution is 2.15. The Morgan fingerprint density at radius 3 is 2.87 bits per heavy atom. The van der Waals surface area contributed by atoms with Gasteiger partial charge < -0.3 is 9.84 Å². The van der Waals surface area contributed by atoms with Crippen LogP contribution in [0.5, 0.6) is 0 Å². The third kappa shape index (κ3) is 4.09. The molecule has 1 saturated heterocycles. The van der Waals surface area contributed by atoms with Crippen LogP contribution in [0.25, 0.3) is 0 Å². The number of piperidine rings is 1. The van der Waals surface area contributed by atoms with Gasteiger partial charge in [-0.15, -0.1) is 0 Å². The van der Waals surface area contributed by atoms with Crippen molar-refractivity contribution in [3.8, 4) is 0 Å². The average molecular weight is 215 g/mol. The summed E-state index contributed by atoms with van der Waals surface area (Å²) in [7, 11) is 1.78.